The van der Waals surface area contributed by atoms with E-state index >= 15 is 0 Å². The SMILES string of the molecule is CCC(=O)C(=O)Nc1ccc(C#N)cc1[N+](=O)[O-]. The number of anilines is 1. The molecule has 0 saturated carbocycles. The second kappa shape index (κ2) is 5.54. The quantitative estimate of drug-likeness (QED) is 0.490. The lowest BCUT2D eigenvalue weighted by molar-refractivity contribution is -0.383. The van der Waals surface area contributed by atoms with Crippen LogP contribution in [0, 0.1) is 21.4 Å². The van der Waals surface area contributed by atoms with Crippen LogP contribution < -0.4 is 5.32 Å². The summed E-state index contributed by atoms with van der Waals surface area (Å²) in [5.74, 6) is -1.58. The number of benzene rings is 1. The number of nitrogens with zero attached hydrogens (tertiary/aromatic N) is 2. The Bertz CT molecular complexity index is 560. The Hall–Kier alpha value is -2.75. The molecule has 1 rings (SSSR count). The second-order valence-electron chi connectivity index (χ2n) is 3.33. The van der Waals surface area contributed by atoms with Gasteiger partial charge in [-0.25, -0.2) is 0 Å². The topological polar surface area (TPSA) is 113 Å². The molecule has 1 aromatic carbocycles. The molecule has 0 heterocycles. The lowest BCUT2D eigenvalue weighted by atomic mass is 10.2. The zero-order chi connectivity index (χ0) is 13.7. The highest BCUT2D eigenvalue weighted by Gasteiger charge is 2.19. The molecule has 92 valence electrons. The van der Waals surface area contributed by atoms with Crippen LogP contribution in [0.15, 0.2) is 18.2 Å². The average molecular weight is 247 g/mol. The second-order valence-corrected chi connectivity index (χ2v) is 3.33. The van der Waals surface area contributed by atoms with Crippen LogP contribution >= 0.6 is 0 Å². The summed E-state index contributed by atoms with van der Waals surface area (Å²) in [6.07, 6.45) is 0.00983. The highest BCUT2D eigenvalue weighted by atomic mass is 16.6. The van der Waals surface area contributed by atoms with Gasteiger partial charge in [0, 0.05) is 12.5 Å². The molecule has 0 aliphatic rings. The number of Topliss-reactive ketones (excluding diaryl/α,β-unsaturated/α-hetero) is 1. The first-order valence-electron chi connectivity index (χ1n) is 5.02. The fourth-order valence-electron chi connectivity index (χ4n) is 1.21. The maximum atomic E-state index is 11.3. The predicted molar refractivity (Wildman–Crippen MR) is 61.7 cm³/mol. The van der Waals surface area contributed by atoms with Gasteiger partial charge in [-0.1, -0.05) is 6.92 Å². The molecule has 0 aromatic heterocycles. The molecule has 0 unspecified atom stereocenters. The molecular weight excluding hydrogens is 238 g/mol. The molecule has 1 N–H and O–H groups in total. The van der Waals surface area contributed by atoms with Gasteiger partial charge in [-0.15, -0.1) is 0 Å². The zero-order valence-corrected chi connectivity index (χ0v) is 9.47. The molecule has 18 heavy (non-hydrogen) atoms. The highest BCUT2D eigenvalue weighted by molar-refractivity contribution is 6.40. The third kappa shape index (κ3) is 2.89. The van der Waals surface area contributed by atoms with Crippen LogP contribution in [-0.4, -0.2) is 16.6 Å². The molecule has 1 aromatic rings. The van der Waals surface area contributed by atoms with Gasteiger partial charge in [-0.05, 0) is 12.1 Å². The molecule has 0 spiro atoms. The summed E-state index contributed by atoms with van der Waals surface area (Å²) in [4.78, 5) is 32.5. The largest absolute Gasteiger partial charge is 0.314 e. The number of nitriles is 1. The summed E-state index contributed by atoms with van der Waals surface area (Å²) < 4.78 is 0. The van der Waals surface area contributed by atoms with Crippen LogP contribution in [0.3, 0.4) is 0 Å². The first-order valence-corrected chi connectivity index (χ1v) is 5.02. The standard InChI is InChI=1S/C11H9N3O4/c1-2-10(15)11(16)13-8-4-3-7(6-12)5-9(8)14(17)18/h3-5H,2H2,1H3,(H,13,16). The van der Waals surface area contributed by atoms with Gasteiger partial charge >= 0.3 is 0 Å². The van der Waals surface area contributed by atoms with Crippen molar-refractivity contribution in [3.05, 3.63) is 33.9 Å². The minimum Gasteiger partial charge on any atom is -0.314 e. The molecule has 0 bridgehead atoms. The number of hydrogen-bond acceptors (Lipinski definition) is 5. The number of nitro benzene ring substituents is 1. The van der Waals surface area contributed by atoms with Crippen molar-refractivity contribution in [3.8, 4) is 6.07 Å². The Morgan fingerprint density at radius 1 is 1.50 bits per heavy atom. The fraction of sp³-hybridized carbons (Fsp3) is 0.182. The lowest BCUT2D eigenvalue weighted by Crippen LogP contribution is -2.22. The third-order valence-electron chi connectivity index (χ3n) is 2.15. The van der Waals surface area contributed by atoms with Gasteiger partial charge in [0.2, 0.25) is 5.78 Å². The van der Waals surface area contributed by atoms with Crippen molar-refractivity contribution in [2.24, 2.45) is 0 Å². The number of nitro groups is 1. The number of nitrogens with one attached hydrogen (secondary N) is 1. The van der Waals surface area contributed by atoms with Crippen molar-refractivity contribution in [1.29, 1.82) is 5.26 Å². The van der Waals surface area contributed by atoms with E-state index in [9.17, 15) is 19.7 Å². The number of hydrogen-bond donors (Lipinski definition) is 1. The van der Waals surface area contributed by atoms with Gasteiger partial charge in [0.25, 0.3) is 11.6 Å². The Labute approximate surface area is 102 Å². The molecule has 7 nitrogen and oxygen atoms in total. The molecule has 0 aliphatic heterocycles. The van der Waals surface area contributed by atoms with Crippen LogP contribution in [0.2, 0.25) is 0 Å². The Balaban J connectivity index is 3.10. The van der Waals surface area contributed by atoms with E-state index in [1.807, 2.05) is 0 Å². The molecule has 7 heteroatoms. The maximum Gasteiger partial charge on any atom is 0.294 e. The summed E-state index contributed by atoms with van der Waals surface area (Å²) in [5.41, 5.74) is -0.432. The lowest BCUT2D eigenvalue weighted by Gasteiger charge is -2.04. The van der Waals surface area contributed by atoms with E-state index in [0.29, 0.717) is 0 Å². The van der Waals surface area contributed by atoms with E-state index in [-0.39, 0.29) is 17.7 Å². The smallest absolute Gasteiger partial charge is 0.294 e. The van der Waals surface area contributed by atoms with Crippen molar-refractivity contribution in [3.63, 3.8) is 0 Å². The molecule has 0 saturated heterocycles. The minimum atomic E-state index is -0.912. The molecule has 1 amide bonds. The van der Waals surface area contributed by atoms with Gasteiger partial charge in [0.05, 0.1) is 16.6 Å². The van der Waals surface area contributed by atoms with Crippen LogP contribution in [0.1, 0.15) is 18.9 Å². The number of amides is 1. The molecule has 0 atom stereocenters. The van der Waals surface area contributed by atoms with Gasteiger partial charge in [0.15, 0.2) is 0 Å². The van der Waals surface area contributed by atoms with E-state index < -0.39 is 22.3 Å². The number of carbonyl (C=O) groups excluding carboxylic acids is 2. The van der Waals surface area contributed by atoms with Crippen molar-refractivity contribution < 1.29 is 14.5 Å². The van der Waals surface area contributed by atoms with Crippen LogP contribution in [-0.2, 0) is 9.59 Å². The van der Waals surface area contributed by atoms with Crippen LogP contribution in [0.25, 0.3) is 0 Å². The first-order chi connectivity index (χ1) is 8.49. The summed E-state index contributed by atoms with van der Waals surface area (Å²) >= 11 is 0. The monoisotopic (exact) mass is 247 g/mol. The Kier molecular flexibility index (Phi) is 4.10. The normalized spacial score (nSPS) is 9.33. The van der Waals surface area contributed by atoms with Crippen molar-refractivity contribution in [2.45, 2.75) is 13.3 Å². The van der Waals surface area contributed by atoms with E-state index in [1.165, 1.54) is 19.1 Å². The van der Waals surface area contributed by atoms with E-state index in [0.717, 1.165) is 6.07 Å². The highest BCUT2D eigenvalue weighted by Crippen LogP contribution is 2.25. The Morgan fingerprint density at radius 3 is 2.67 bits per heavy atom. The van der Waals surface area contributed by atoms with Gasteiger partial charge in [-0.2, -0.15) is 5.26 Å². The van der Waals surface area contributed by atoms with Gasteiger partial charge in [0.1, 0.15) is 5.69 Å². The minimum absolute atomic E-state index is 0.00983. The number of rotatable bonds is 4. The van der Waals surface area contributed by atoms with Crippen molar-refractivity contribution in [2.75, 3.05) is 5.32 Å². The number of carbonyl (C=O) groups is 2. The zero-order valence-electron chi connectivity index (χ0n) is 9.47. The molecule has 0 fully saturated rings. The average Bonchev–Trinajstić information content (AvgIpc) is 2.37. The molecule has 0 radical (unpaired) electrons. The predicted octanol–water partition coefficient (Wildman–Crippen LogP) is 1.38. The van der Waals surface area contributed by atoms with Crippen molar-refractivity contribution in [1.82, 2.24) is 0 Å². The maximum absolute atomic E-state index is 11.3. The summed E-state index contributed by atoms with van der Waals surface area (Å²) in [7, 11) is 0. The van der Waals surface area contributed by atoms with Crippen molar-refractivity contribution >= 4 is 23.1 Å². The fourth-order valence-corrected chi connectivity index (χ4v) is 1.21. The number of ketones is 1. The summed E-state index contributed by atoms with van der Waals surface area (Å²) in [5, 5.41) is 21.6. The summed E-state index contributed by atoms with van der Waals surface area (Å²) in [6.45, 7) is 1.51. The van der Waals surface area contributed by atoms with Crippen LogP contribution in [0.4, 0.5) is 11.4 Å². The summed E-state index contributed by atoms with van der Waals surface area (Å²) in [6, 6.07) is 5.32. The van der Waals surface area contributed by atoms with E-state index in [4.69, 9.17) is 5.26 Å². The Morgan fingerprint density at radius 2 is 2.17 bits per heavy atom. The molecule has 0 aliphatic carbocycles. The van der Waals surface area contributed by atoms with Crippen LogP contribution in [0.5, 0.6) is 0 Å². The van der Waals surface area contributed by atoms with Gasteiger partial charge < -0.3 is 5.32 Å². The van der Waals surface area contributed by atoms with E-state index in [1.54, 1.807) is 6.07 Å². The van der Waals surface area contributed by atoms with Gasteiger partial charge in [-0.3, -0.25) is 19.7 Å². The van der Waals surface area contributed by atoms with E-state index in [2.05, 4.69) is 5.32 Å². The first kappa shape index (κ1) is 13.3. The third-order valence-corrected chi connectivity index (χ3v) is 2.15. The molecular formula is C11H9N3O4.